The van der Waals surface area contributed by atoms with Crippen molar-refractivity contribution in [2.75, 3.05) is 4.72 Å². The summed E-state index contributed by atoms with van der Waals surface area (Å²) in [5.74, 6) is -1.83. The topological polar surface area (TPSA) is 83.5 Å². The number of carboxylic acids is 1. The van der Waals surface area contributed by atoms with Gasteiger partial charge >= 0.3 is 5.97 Å². The van der Waals surface area contributed by atoms with Gasteiger partial charge < -0.3 is 5.11 Å². The third-order valence-corrected chi connectivity index (χ3v) is 4.21. The molecule has 0 saturated carbocycles. The van der Waals surface area contributed by atoms with Crippen LogP contribution in [-0.4, -0.2) is 19.5 Å². The lowest BCUT2D eigenvalue weighted by Gasteiger charge is -2.10. The normalized spacial score (nSPS) is 11.1. The Bertz CT molecular complexity index is 802. The maximum atomic E-state index is 13.1. The van der Waals surface area contributed by atoms with Crippen molar-refractivity contribution in [1.82, 2.24) is 0 Å². The Morgan fingerprint density at radius 2 is 1.90 bits per heavy atom. The molecule has 0 amide bonds. The van der Waals surface area contributed by atoms with Crippen LogP contribution in [0.4, 0.5) is 10.1 Å². The Morgan fingerprint density at radius 1 is 1.19 bits per heavy atom. The summed E-state index contributed by atoms with van der Waals surface area (Å²) >= 11 is 0. The van der Waals surface area contributed by atoms with Gasteiger partial charge in [-0.1, -0.05) is 12.1 Å². The first-order valence-electron chi connectivity index (χ1n) is 5.92. The number of carbonyl (C=O) groups is 1. The fraction of sp³-hybridized carbons (Fsp3) is 0.0714. The molecular formula is C14H12FNO4S. The zero-order chi connectivity index (χ0) is 15.6. The number of nitrogens with one attached hydrogen (secondary N) is 1. The average molecular weight is 309 g/mol. The van der Waals surface area contributed by atoms with E-state index in [-0.39, 0.29) is 16.1 Å². The van der Waals surface area contributed by atoms with Crippen molar-refractivity contribution in [2.24, 2.45) is 0 Å². The summed E-state index contributed by atoms with van der Waals surface area (Å²) in [6, 6.07) is 8.70. The van der Waals surface area contributed by atoms with Crippen molar-refractivity contribution in [3.8, 4) is 0 Å². The number of aromatic carboxylic acids is 1. The Balaban J connectivity index is 2.37. The molecule has 0 bridgehead atoms. The first-order valence-corrected chi connectivity index (χ1v) is 7.40. The molecule has 5 nitrogen and oxygen atoms in total. The van der Waals surface area contributed by atoms with Gasteiger partial charge in [0.2, 0.25) is 0 Å². The molecule has 0 atom stereocenters. The third kappa shape index (κ3) is 3.38. The molecule has 0 unspecified atom stereocenters. The van der Waals surface area contributed by atoms with Crippen LogP contribution in [0.25, 0.3) is 0 Å². The van der Waals surface area contributed by atoms with Gasteiger partial charge in [0.25, 0.3) is 10.0 Å². The van der Waals surface area contributed by atoms with E-state index in [1.165, 1.54) is 30.3 Å². The maximum absolute atomic E-state index is 13.1. The van der Waals surface area contributed by atoms with Crippen LogP contribution in [0.1, 0.15) is 15.9 Å². The van der Waals surface area contributed by atoms with Gasteiger partial charge in [-0.05, 0) is 42.8 Å². The van der Waals surface area contributed by atoms with Crippen molar-refractivity contribution in [3.63, 3.8) is 0 Å². The SMILES string of the molecule is Cc1ccc(NS(=O)(=O)c2cccc(F)c2)cc1C(=O)O. The van der Waals surface area contributed by atoms with Crippen molar-refractivity contribution < 1.29 is 22.7 Å². The number of halogens is 1. The van der Waals surface area contributed by atoms with Crippen molar-refractivity contribution in [3.05, 3.63) is 59.4 Å². The molecule has 2 N–H and O–H groups in total. The van der Waals surface area contributed by atoms with Gasteiger partial charge in [-0.3, -0.25) is 4.72 Å². The molecule has 2 aromatic rings. The molecule has 0 aromatic heterocycles. The van der Waals surface area contributed by atoms with Gasteiger partial charge in [0, 0.05) is 5.69 Å². The molecule has 0 aliphatic carbocycles. The second-order valence-electron chi connectivity index (χ2n) is 4.40. The van der Waals surface area contributed by atoms with Gasteiger partial charge in [-0.15, -0.1) is 0 Å². The highest BCUT2D eigenvalue weighted by atomic mass is 32.2. The summed E-state index contributed by atoms with van der Waals surface area (Å²) in [7, 11) is -3.97. The van der Waals surface area contributed by atoms with E-state index in [4.69, 9.17) is 5.11 Å². The summed E-state index contributed by atoms with van der Waals surface area (Å²) in [4.78, 5) is 10.8. The number of hydrogen-bond acceptors (Lipinski definition) is 3. The van der Waals surface area contributed by atoms with Crippen LogP contribution >= 0.6 is 0 Å². The van der Waals surface area contributed by atoms with E-state index in [0.29, 0.717) is 5.56 Å². The van der Waals surface area contributed by atoms with Crippen LogP contribution in [0.3, 0.4) is 0 Å². The quantitative estimate of drug-likeness (QED) is 0.909. The van der Waals surface area contributed by atoms with Crippen LogP contribution in [0.2, 0.25) is 0 Å². The number of carboxylic acid groups (broad SMARTS) is 1. The summed E-state index contributed by atoms with van der Waals surface area (Å²) < 4.78 is 39.5. The largest absolute Gasteiger partial charge is 0.478 e. The van der Waals surface area contributed by atoms with E-state index >= 15 is 0 Å². The minimum absolute atomic E-state index is 0.00515. The Labute approximate surface area is 121 Å². The van der Waals surface area contributed by atoms with E-state index < -0.39 is 21.8 Å². The number of benzene rings is 2. The first-order chi connectivity index (χ1) is 9.79. The lowest BCUT2D eigenvalue weighted by Crippen LogP contribution is -2.14. The lowest BCUT2D eigenvalue weighted by atomic mass is 10.1. The third-order valence-electron chi connectivity index (χ3n) is 2.83. The molecule has 0 spiro atoms. The molecule has 0 saturated heterocycles. The molecule has 0 aliphatic heterocycles. The molecule has 0 fully saturated rings. The van der Waals surface area contributed by atoms with E-state index in [2.05, 4.69) is 4.72 Å². The van der Waals surface area contributed by atoms with Crippen molar-refractivity contribution >= 4 is 21.7 Å². The Hall–Kier alpha value is -2.41. The second kappa shape index (κ2) is 5.53. The highest BCUT2D eigenvalue weighted by molar-refractivity contribution is 7.92. The Morgan fingerprint density at radius 3 is 2.52 bits per heavy atom. The van der Waals surface area contributed by atoms with Gasteiger partial charge in [0.1, 0.15) is 5.82 Å². The summed E-state index contributed by atoms with van der Waals surface area (Å²) in [5, 5.41) is 9.02. The van der Waals surface area contributed by atoms with E-state index in [1.807, 2.05) is 0 Å². The predicted molar refractivity (Wildman–Crippen MR) is 75.3 cm³/mol. The molecule has 2 rings (SSSR count). The number of hydrogen-bond donors (Lipinski definition) is 2. The zero-order valence-electron chi connectivity index (χ0n) is 11.0. The fourth-order valence-corrected chi connectivity index (χ4v) is 2.84. The van der Waals surface area contributed by atoms with Gasteiger partial charge in [-0.2, -0.15) is 0 Å². The lowest BCUT2D eigenvalue weighted by molar-refractivity contribution is 0.0696. The number of aryl methyl sites for hydroxylation is 1. The van der Waals surface area contributed by atoms with E-state index in [9.17, 15) is 17.6 Å². The number of rotatable bonds is 4. The monoisotopic (exact) mass is 309 g/mol. The Kier molecular flexibility index (Phi) is 3.95. The average Bonchev–Trinajstić information content (AvgIpc) is 2.40. The molecule has 110 valence electrons. The summed E-state index contributed by atoms with van der Waals surface area (Å²) in [5.41, 5.74) is 0.605. The van der Waals surface area contributed by atoms with Crippen LogP contribution in [0, 0.1) is 12.7 Å². The van der Waals surface area contributed by atoms with Gasteiger partial charge in [-0.25, -0.2) is 17.6 Å². The number of anilines is 1. The van der Waals surface area contributed by atoms with Crippen LogP contribution in [0.15, 0.2) is 47.4 Å². The minimum Gasteiger partial charge on any atom is -0.478 e. The highest BCUT2D eigenvalue weighted by Gasteiger charge is 2.16. The van der Waals surface area contributed by atoms with Gasteiger partial charge in [0.05, 0.1) is 10.5 Å². The molecule has 7 heteroatoms. The van der Waals surface area contributed by atoms with Crippen molar-refractivity contribution in [2.45, 2.75) is 11.8 Å². The summed E-state index contributed by atoms with van der Waals surface area (Å²) in [6.07, 6.45) is 0. The second-order valence-corrected chi connectivity index (χ2v) is 6.08. The molecule has 0 radical (unpaired) electrons. The van der Waals surface area contributed by atoms with E-state index in [0.717, 1.165) is 12.1 Å². The van der Waals surface area contributed by atoms with Crippen LogP contribution in [0.5, 0.6) is 0 Å². The highest BCUT2D eigenvalue weighted by Crippen LogP contribution is 2.20. The molecule has 21 heavy (non-hydrogen) atoms. The summed E-state index contributed by atoms with van der Waals surface area (Å²) in [6.45, 7) is 1.61. The van der Waals surface area contributed by atoms with Crippen molar-refractivity contribution in [1.29, 1.82) is 0 Å². The van der Waals surface area contributed by atoms with Crippen LogP contribution in [-0.2, 0) is 10.0 Å². The molecule has 0 heterocycles. The molecular weight excluding hydrogens is 297 g/mol. The van der Waals surface area contributed by atoms with Gasteiger partial charge in [0.15, 0.2) is 0 Å². The standard InChI is InChI=1S/C14H12FNO4S/c1-9-5-6-11(8-13(9)14(17)18)16-21(19,20)12-4-2-3-10(15)7-12/h2-8,16H,1H3,(H,17,18). The maximum Gasteiger partial charge on any atom is 0.336 e. The first kappa shape index (κ1) is 15.0. The smallest absolute Gasteiger partial charge is 0.336 e. The minimum atomic E-state index is -3.97. The fourth-order valence-electron chi connectivity index (χ4n) is 1.76. The predicted octanol–water partition coefficient (Wildman–Crippen LogP) is 2.63. The number of sulfonamides is 1. The van der Waals surface area contributed by atoms with E-state index in [1.54, 1.807) is 6.92 Å². The zero-order valence-corrected chi connectivity index (χ0v) is 11.8. The molecule has 0 aliphatic rings. The molecule has 2 aromatic carbocycles. The van der Waals surface area contributed by atoms with Crippen LogP contribution < -0.4 is 4.72 Å².